The van der Waals surface area contributed by atoms with Gasteiger partial charge in [0.25, 0.3) is 0 Å². The minimum absolute atomic E-state index is 0.232. The van der Waals surface area contributed by atoms with E-state index < -0.39 is 0 Å². The van der Waals surface area contributed by atoms with Crippen LogP contribution >= 0.6 is 0 Å². The summed E-state index contributed by atoms with van der Waals surface area (Å²) in [6.45, 7) is 2.08. The topological polar surface area (TPSA) is 52.6 Å². The summed E-state index contributed by atoms with van der Waals surface area (Å²) in [5.41, 5.74) is 1.11. The molecule has 5 heteroatoms. The molecule has 1 heterocycles. The number of hydrogen-bond acceptors (Lipinski definition) is 5. The summed E-state index contributed by atoms with van der Waals surface area (Å²) in [5.74, 6) is 2.49. The molecule has 1 unspecified atom stereocenters. The van der Waals surface area contributed by atoms with Crippen LogP contribution in [0.15, 0.2) is 36.5 Å². The third kappa shape index (κ3) is 3.86. The van der Waals surface area contributed by atoms with Gasteiger partial charge in [0.1, 0.15) is 17.2 Å². The standard InChI is InChI=1S/C16H20N2O3/c1-11(17-2)12-5-6-18-16(7-12)21-15-9-13(19-3)8-14(10-15)20-4/h5-11,17H,1-4H3. The molecule has 1 aromatic carbocycles. The Kier molecular flexibility index (Phi) is 5.00. The first-order chi connectivity index (χ1) is 10.2. The van der Waals surface area contributed by atoms with Crippen LogP contribution in [0.2, 0.25) is 0 Å². The molecule has 5 nitrogen and oxygen atoms in total. The maximum Gasteiger partial charge on any atom is 0.219 e. The normalized spacial score (nSPS) is 11.8. The van der Waals surface area contributed by atoms with Gasteiger partial charge in [-0.05, 0) is 25.6 Å². The van der Waals surface area contributed by atoms with Crippen LogP contribution in [0.1, 0.15) is 18.5 Å². The van der Waals surface area contributed by atoms with Gasteiger partial charge in [-0.15, -0.1) is 0 Å². The number of pyridine rings is 1. The predicted molar refractivity (Wildman–Crippen MR) is 81.3 cm³/mol. The zero-order valence-electron chi connectivity index (χ0n) is 12.7. The lowest BCUT2D eigenvalue weighted by atomic mass is 10.1. The summed E-state index contributed by atoms with van der Waals surface area (Å²) in [7, 11) is 5.12. The minimum atomic E-state index is 0.232. The number of nitrogens with zero attached hydrogens (tertiary/aromatic N) is 1. The van der Waals surface area contributed by atoms with Gasteiger partial charge in [-0.25, -0.2) is 4.98 Å². The molecule has 1 atom stereocenters. The fourth-order valence-corrected chi connectivity index (χ4v) is 1.88. The molecule has 1 aromatic heterocycles. The van der Waals surface area contributed by atoms with Gasteiger partial charge < -0.3 is 19.5 Å². The molecule has 2 aromatic rings. The van der Waals surface area contributed by atoms with E-state index >= 15 is 0 Å². The number of nitrogens with one attached hydrogen (secondary N) is 1. The second-order valence-electron chi connectivity index (χ2n) is 4.59. The molecule has 0 amide bonds. The smallest absolute Gasteiger partial charge is 0.219 e. The average molecular weight is 288 g/mol. The van der Waals surface area contributed by atoms with Crippen LogP contribution in [0, 0.1) is 0 Å². The van der Waals surface area contributed by atoms with E-state index in [1.165, 1.54) is 0 Å². The quantitative estimate of drug-likeness (QED) is 0.884. The van der Waals surface area contributed by atoms with Crippen molar-refractivity contribution in [3.8, 4) is 23.1 Å². The molecule has 0 aliphatic carbocycles. The summed E-state index contributed by atoms with van der Waals surface area (Å²) in [6.07, 6.45) is 1.73. The van der Waals surface area contributed by atoms with Crippen molar-refractivity contribution in [1.29, 1.82) is 0 Å². The Morgan fingerprint density at radius 3 is 2.19 bits per heavy atom. The van der Waals surface area contributed by atoms with E-state index in [4.69, 9.17) is 14.2 Å². The Hall–Kier alpha value is -2.27. The lowest BCUT2D eigenvalue weighted by molar-refractivity contribution is 0.385. The largest absolute Gasteiger partial charge is 0.496 e. The van der Waals surface area contributed by atoms with Crippen molar-refractivity contribution in [1.82, 2.24) is 10.3 Å². The molecule has 0 aliphatic heterocycles. The molecule has 21 heavy (non-hydrogen) atoms. The van der Waals surface area contributed by atoms with Crippen LogP contribution < -0.4 is 19.5 Å². The Bertz CT molecular complexity index is 580. The zero-order chi connectivity index (χ0) is 15.2. The van der Waals surface area contributed by atoms with E-state index in [0.29, 0.717) is 23.1 Å². The summed E-state index contributed by atoms with van der Waals surface area (Å²) in [6, 6.07) is 9.47. The Morgan fingerprint density at radius 1 is 1.00 bits per heavy atom. The molecule has 112 valence electrons. The number of methoxy groups -OCH3 is 2. The molecular weight excluding hydrogens is 268 g/mol. The molecule has 0 saturated carbocycles. The predicted octanol–water partition coefficient (Wildman–Crippen LogP) is 3.17. The second-order valence-corrected chi connectivity index (χ2v) is 4.59. The summed E-state index contributed by atoms with van der Waals surface area (Å²) < 4.78 is 16.2. The van der Waals surface area contributed by atoms with Crippen molar-refractivity contribution in [2.75, 3.05) is 21.3 Å². The van der Waals surface area contributed by atoms with Crippen molar-refractivity contribution in [2.45, 2.75) is 13.0 Å². The molecule has 0 bridgehead atoms. The number of aromatic nitrogens is 1. The fourth-order valence-electron chi connectivity index (χ4n) is 1.88. The van der Waals surface area contributed by atoms with Crippen LogP contribution in [-0.2, 0) is 0 Å². The van der Waals surface area contributed by atoms with Gasteiger partial charge in [-0.3, -0.25) is 0 Å². The van der Waals surface area contributed by atoms with Crippen molar-refractivity contribution < 1.29 is 14.2 Å². The lowest BCUT2D eigenvalue weighted by Crippen LogP contribution is -2.12. The third-order valence-corrected chi connectivity index (χ3v) is 3.24. The highest BCUT2D eigenvalue weighted by atomic mass is 16.5. The van der Waals surface area contributed by atoms with E-state index in [1.807, 2.05) is 19.2 Å². The molecule has 1 N–H and O–H groups in total. The first-order valence-electron chi connectivity index (χ1n) is 6.70. The first-order valence-corrected chi connectivity index (χ1v) is 6.70. The van der Waals surface area contributed by atoms with E-state index in [0.717, 1.165) is 5.56 Å². The van der Waals surface area contributed by atoms with E-state index in [2.05, 4.69) is 17.2 Å². The van der Waals surface area contributed by atoms with Gasteiger partial charge in [-0.2, -0.15) is 0 Å². The van der Waals surface area contributed by atoms with Crippen molar-refractivity contribution in [2.24, 2.45) is 0 Å². The Morgan fingerprint density at radius 2 is 1.62 bits per heavy atom. The maximum absolute atomic E-state index is 5.80. The SMILES string of the molecule is CNC(C)c1ccnc(Oc2cc(OC)cc(OC)c2)c1. The van der Waals surface area contributed by atoms with Crippen LogP contribution in [0.5, 0.6) is 23.1 Å². The minimum Gasteiger partial charge on any atom is -0.496 e. The fraction of sp³-hybridized carbons (Fsp3) is 0.312. The summed E-state index contributed by atoms with van der Waals surface area (Å²) >= 11 is 0. The monoisotopic (exact) mass is 288 g/mol. The molecule has 0 fully saturated rings. The second kappa shape index (κ2) is 6.95. The first kappa shape index (κ1) is 15.1. The molecule has 0 spiro atoms. The average Bonchev–Trinajstić information content (AvgIpc) is 2.53. The zero-order valence-corrected chi connectivity index (χ0v) is 12.7. The van der Waals surface area contributed by atoms with Gasteiger partial charge in [0.2, 0.25) is 5.88 Å². The highest BCUT2D eigenvalue weighted by molar-refractivity contribution is 5.43. The number of rotatable bonds is 6. The van der Waals surface area contributed by atoms with Crippen molar-refractivity contribution >= 4 is 0 Å². The van der Waals surface area contributed by atoms with Gasteiger partial charge >= 0.3 is 0 Å². The van der Waals surface area contributed by atoms with Crippen molar-refractivity contribution in [3.05, 3.63) is 42.1 Å². The van der Waals surface area contributed by atoms with E-state index in [-0.39, 0.29) is 6.04 Å². The highest BCUT2D eigenvalue weighted by Crippen LogP contribution is 2.30. The van der Waals surface area contributed by atoms with Gasteiger partial charge in [0.15, 0.2) is 0 Å². The summed E-state index contributed by atoms with van der Waals surface area (Å²) in [4.78, 5) is 4.23. The molecule has 0 aliphatic rings. The molecule has 0 saturated heterocycles. The van der Waals surface area contributed by atoms with Gasteiger partial charge in [0.05, 0.1) is 14.2 Å². The molecule has 0 radical (unpaired) electrons. The van der Waals surface area contributed by atoms with Crippen LogP contribution in [0.4, 0.5) is 0 Å². The van der Waals surface area contributed by atoms with Gasteiger partial charge in [0, 0.05) is 36.5 Å². The maximum atomic E-state index is 5.80. The van der Waals surface area contributed by atoms with Crippen LogP contribution in [0.25, 0.3) is 0 Å². The van der Waals surface area contributed by atoms with Crippen molar-refractivity contribution in [3.63, 3.8) is 0 Å². The number of hydrogen-bond donors (Lipinski definition) is 1. The van der Waals surface area contributed by atoms with Crippen LogP contribution in [0.3, 0.4) is 0 Å². The summed E-state index contributed by atoms with van der Waals surface area (Å²) in [5, 5.41) is 3.19. The Balaban J connectivity index is 2.25. The number of benzene rings is 1. The lowest BCUT2D eigenvalue weighted by Gasteiger charge is -2.13. The molecule has 2 rings (SSSR count). The van der Waals surface area contributed by atoms with E-state index in [9.17, 15) is 0 Å². The third-order valence-electron chi connectivity index (χ3n) is 3.24. The Labute approximate surface area is 124 Å². The molecular formula is C16H20N2O3. The number of ether oxygens (including phenoxy) is 3. The van der Waals surface area contributed by atoms with Gasteiger partial charge in [-0.1, -0.05) is 0 Å². The van der Waals surface area contributed by atoms with E-state index in [1.54, 1.807) is 38.6 Å². The van der Waals surface area contributed by atoms with Crippen LogP contribution in [-0.4, -0.2) is 26.3 Å². The highest BCUT2D eigenvalue weighted by Gasteiger charge is 2.08.